The molecule has 1 aromatic carbocycles. The SMILES string of the molecule is CN=C(NCC1CN2CCCC2CO1)N(C)Cc1ccc(Cl)cc1.I. The molecular weight excluding hydrogens is 451 g/mol. The van der Waals surface area contributed by atoms with Crippen molar-refractivity contribution in [3.63, 3.8) is 0 Å². The van der Waals surface area contributed by atoms with Crippen LogP contribution < -0.4 is 5.32 Å². The van der Waals surface area contributed by atoms with Gasteiger partial charge in [0, 0.05) is 44.8 Å². The molecule has 2 aliphatic heterocycles. The molecule has 2 heterocycles. The molecule has 0 saturated carbocycles. The number of guanidine groups is 1. The molecule has 0 radical (unpaired) electrons. The molecule has 0 aliphatic carbocycles. The van der Waals surface area contributed by atoms with Crippen LogP contribution in [0.15, 0.2) is 29.3 Å². The van der Waals surface area contributed by atoms with Gasteiger partial charge in [-0.3, -0.25) is 9.89 Å². The fourth-order valence-electron chi connectivity index (χ4n) is 3.54. The van der Waals surface area contributed by atoms with E-state index in [0.29, 0.717) is 6.04 Å². The third-order valence-corrected chi connectivity index (χ3v) is 5.11. The number of hydrogen-bond donors (Lipinski definition) is 1. The summed E-state index contributed by atoms with van der Waals surface area (Å²) in [5, 5.41) is 4.21. The molecule has 3 rings (SSSR count). The second-order valence-electron chi connectivity index (χ2n) is 6.66. The summed E-state index contributed by atoms with van der Waals surface area (Å²) >= 11 is 5.94. The van der Waals surface area contributed by atoms with Crippen LogP contribution in [0, 0.1) is 0 Å². The van der Waals surface area contributed by atoms with Crippen LogP contribution in [0.25, 0.3) is 0 Å². The number of aliphatic imine (C=N–C) groups is 1. The fraction of sp³-hybridized carbons (Fsp3) is 0.611. The first-order valence-electron chi connectivity index (χ1n) is 8.67. The molecule has 1 N–H and O–H groups in total. The summed E-state index contributed by atoms with van der Waals surface area (Å²) in [6, 6.07) is 8.58. The number of halogens is 2. The first-order valence-corrected chi connectivity index (χ1v) is 9.05. The van der Waals surface area contributed by atoms with Gasteiger partial charge in [0.2, 0.25) is 0 Å². The number of rotatable bonds is 4. The second-order valence-corrected chi connectivity index (χ2v) is 7.09. The smallest absolute Gasteiger partial charge is 0.193 e. The van der Waals surface area contributed by atoms with E-state index in [-0.39, 0.29) is 30.1 Å². The maximum Gasteiger partial charge on any atom is 0.193 e. The number of morpholine rings is 1. The van der Waals surface area contributed by atoms with Gasteiger partial charge in [-0.1, -0.05) is 23.7 Å². The summed E-state index contributed by atoms with van der Waals surface area (Å²) in [7, 11) is 3.86. The highest BCUT2D eigenvalue weighted by Gasteiger charge is 2.32. The molecule has 2 unspecified atom stereocenters. The van der Waals surface area contributed by atoms with Gasteiger partial charge < -0.3 is 15.0 Å². The quantitative estimate of drug-likeness (QED) is 0.410. The van der Waals surface area contributed by atoms with E-state index in [1.807, 2.05) is 38.4 Å². The molecule has 0 amide bonds. The van der Waals surface area contributed by atoms with E-state index in [2.05, 4.69) is 20.1 Å². The van der Waals surface area contributed by atoms with Crippen LogP contribution in [-0.2, 0) is 11.3 Å². The van der Waals surface area contributed by atoms with E-state index in [1.165, 1.54) is 24.9 Å². The Morgan fingerprint density at radius 1 is 1.40 bits per heavy atom. The van der Waals surface area contributed by atoms with Gasteiger partial charge in [-0.15, -0.1) is 24.0 Å². The Labute approximate surface area is 172 Å². The first kappa shape index (κ1) is 20.7. The average molecular weight is 479 g/mol. The van der Waals surface area contributed by atoms with E-state index >= 15 is 0 Å². The number of ether oxygens (including phenoxy) is 1. The van der Waals surface area contributed by atoms with Crippen molar-refractivity contribution in [2.75, 3.05) is 40.3 Å². The lowest BCUT2D eigenvalue weighted by Crippen LogP contribution is -2.51. The van der Waals surface area contributed by atoms with E-state index in [0.717, 1.165) is 37.2 Å². The van der Waals surface area contributed by atoms with Gasteiger partial charge in [-0.2, -0.15) is 0 Å². The van der Waals surface area contributed by atoms with Crippen LogP contribution in [0.3, 0.4) is 0 Å². The topological polar surface area (TPSA) is 40.1 Å². The molecule has 140 valence electrons. The zero-order chi connectivity index (χ0) is 16.9. The average Bonchev–Trinajstić information content (AvgIpc) is 3.05. The predicted molar refractivity (Wildman–Crippen MR) is 114 cm³/mol. The van der Waals surface area contributed by atoms with Crippen molar-refractivity contribution in [1.29, 1.82) is 0 Å². The monoisotopic (exact) mass is 478 g/mol. The van der Waals surface area contributed by atoms with Gasteiger partial charge >= 0.3 is 0 Å². The van der Waals surface area contributed by atoms with Crippen molar-refractivity contribution in [1.82, 2.24) is 15.1 Å². The highest BCUT2D eigenvalue weighted by molar-refractivity contribution is 14.0. The highest BCUT2D eigenvalue weighted by atomic mass is 127. The number of fused-ring (bicyclic) bond motifs is 1. The maximum atomic E-state index is 6.01. The van der Waals surface area contributed by atoms with Gasteiger partial charge in [-0.25, -0.2) is 0 Å². The van der Waals surface area contributed by atoms with Crippen LogP contribution in [0.5, 0.6) is 0 Å². The Bertz CT molecular complexity index is 569. The molecule has 0 aromatic heterocycles. The molecule has 7 heteroatoms. The lowest BCUT2D eigenvalue weighted by atomic mass is 10.2. The molecule has 5 nitrogen and oxygen atoms in total. The lowest BCUT2D eigenvalue weighted by Gasteiger charge is -2.35. The minimum atomic E-state index is 0. The molecule has 0 spiro atoms. The third kappa shape index (κ3) is 5.70. The van der Waals surface area contributed by atoms with E-state index < -0.39 is 0 Å². The summed E-state index contributed by atoms with van der Waals surface area (Å²) in [6.45, 7) is 4.69. The number of hydrogen-bond acceptors (Lipinski definition) is 3. The fourth-order valence-corrected chi connectivity index (χ4v) is 3.66. The Balaban J connectivity index is 0.00000225. The van der Waals surface area contributed by atoms with Gasteiger partial charge in [0.15, 0.2) is 5.96 Å². The van der Waals surface area contributed by atoms with Gasteiger partial charge in [-0.05, 0) is 37.1 Å². The standard InChI is InChI=1S/C18H27ClN4O.HI/c1-20-18(22(2)11-14-5-7-15(19)8-6-14)21-10-17-12-23-9-3-4-16(23)13-24-17;/h5-8,16-17H,3-4,9-13H2,1-2H3,(H,20,21);1H. The zero-order valence-corrected chi connectivity index (χ0v) is 18.0. The molecule has 2 atom stereocenters. The summed E-state index contributed by atoms with van der Waals surface area (Å²) in [6.07, 6.45) is 2.82. The van der Waals surface area contributed by atoms with Crippen molar-refractivity contribution in [3.05, 3.63) is 34.9 Å². The van der Waals surface area contributed by atoms with Crippen molar-refractivity contribution in [3.8, 4) is 0 Å². The van der Waals surface area contributed by atoms with Crippen LogP contribution in [-0.4, -0.2) is 68.2 Å². The molecule has 1 aromatic rings. The third-order valence-electron chi connectivity index (χ3n) is 4.86. The van der Waals surface area contributed by atoms with Gasteiger partial charge in [0.05, 0.1) is 12.7 Å². The molecular formula is C18H28ClIN4O. The first-order chi connectivity index (χ1) is 11.7. The second kappa shape index (κ2) is 9.94. The normalized spacial score (nSPS) is 23.7. The summed E-state index contributed by atoms with van der Waals surface area (Å²) in [5.41, 5.74) is 1.21. The van der Waals surface area contributed by atoms with E-state index in [4.69, 9.17) is 16.3 Å². The van der Waals surface area contributed by atoms with Crippen molar-refractivity contribution < 1.29 is 4.74 Å². The van der Waals surface area contributed by atoms with Crippen LogP contribution >= 0.6 is 35.6 Å². The lowest BCUT2D eigenvalue weighted by molar-refractivity contribution is -0.0454. The van der Waals surface area contributed by atoms with Crippen LogP contribution in [0.2, 0.25) is 5.02 Å². The number of nitrogens with one attached hydrogen (secondary N) is 1. The Hall–Kier alpha value is -0.570. The summed E-state index contributed by atoms with van der Waals surface area (Å²) in [4.78, 5) is 9.07. The summed E-state index contributed by atoms with van der Waals surface area (Å²) in [5.74, 6) is 0.886. The Kier molecular flexibility index (Phi) is 8.25. The van der Waals surface area contributed by atoms with Crippen LogP contribution in [0.4, 0.5) is 0 Å². The number of benzene rings is 1. The largest absolute Gasteiger partial charge is 0.373 e. The molecule has 2 aliphatic rings. The predicted octanol–water partition coefficient (Wildman–Crippen LogP) is 2.83. The summed E-state index contributed by atoms with van der Waals surface area (Å²) < 4.78 is 6.01. The molecule has 2 saturated heterocycles. The van der Waals surface area contributed by atoms with Gasteiger partial charge in [0.1, 0.15) is 0 Å². The van der Waals surface area contributed by atoms with Crippen molar-refractivity contribution in [2.24, 2.45) is 4.99 Å². The van der Waals surface area contributed by atoms with Crippen molar-refractivity contribution >= 4 is 41.5 Å². The molecule has 0 bridgehead atoms. The van der Waals surface area contributed by atoms with E-state index in [9.17, 15) is 0 Å². The van der Waals surface area contributed by atoms with Crippen LogP contribution in [0.1, 0.15) is 18.4 Å². The van der Waals surface area contributed by atoms with Crippen molar-refractivity contribution in [2.45, 2.75) is 31.5 Å². The maximum absolute atomic E-state index is 6.01. The Morgan fingerprint density at radius 2 is 2.16 bits per heavy atom. The minimum absolute atomic E-state index is 0. The highest BCUT2D eigenvalue weighted by Crippen LogP contribution is 2.22. The molecule has 25 heavy (non-hydrogen) atoms. The van der Waals surface area contributed by atoms with E-state index in [1.54, 1.807) is 0 Å². The zero-order valence-electron chi connectivity index (χ0n) is 14.9. The van der Waals surface area contributed by atoms with Gasteiger partial charge in [0.25, 0.3) is 0 Å². The Morgan fingerprint density at radius 3 is 2.88 bits per heavy atom. The molecule has 2 fully saturated rings. The number of nitrogens with zero attached hydrogens (tertiary/aromatic N) is 3. The minimum Gasteiger partial charge on any atom is -0.373 e.